The zero-order chi connectivity index (χ0) is 12.8. The molecule has 0 bridgehead atoms. The van der Waals surface area contributed by atoms with Gasteiger partial charge in [-0.15, -0.1) is 0 Å². The van der Waals surface area contributed by atoms with E-state index in [0.717, 1.165) is 18.7 Å². The van der Waals surface area contributed by atoms with Crippen LogP contribution in [0.2, 0.25) is 0 Å². The Morgan fingerprint density at radius 1 is 1.39 bits per heavy atom. The molecule has 0 spiro atoms. The third-order valence-electron chi connectivity index (χ3n) is 3.34. The van der Waals surface area contributed by atoms with Gasteiger partial charge in [0.2, 0.25) is 0 Å². The molecule has 1 amide bonds. The fourth-order valence-corrected chi connectivity index (χ4v) is 1.82. The Bertz CT molecular complexity index is 471. The SMILES string of the molecule is O=C(NCC1CC1(F)F)c1cnc(C2CC2)nc1. The number of hydrogen-bond donors (Lipinski definition) is 1. The van der Waals surface area contributed by atoms with Crippen LogP contribution in [0.15, 0.2) is 12.4 Å². The number of carbonyl (C=O) groups excluding carboxylic acids is 1. The van der Waals surface area contributed by atoms with E-state index in [2.05, 4.69) is 15.3 Å². The molecule has 0 aromatic carbocycles. The lowest BCUT2D eigenvalue weighted by Gasteiger charge is -2.04. The molecule has 4 nitrogen and oxygen atoms in total. The summed E-state index contributed by atoms with van der Waals surface area (Å²) in [5.41, 5.74) is 0.323. The summed E-state index contributed by atoms with van der Waals surface area (Å²) in [6.45, 7) is 0.0101. The number of hydrogen-bond acceptors (Lipinski definition) is 3. The summed E-state index contributed by atoms with van der Waals surface area (Å²) in [5.74, 6) is -2.50. The smallest absolute Gasteiger partial charge is 0.254 e. The number of halogens is 2. The van der Waals surface area contributed by atoms with E-state index in [1.54, 1.807) is 0 Å². The normalized spacial score (nSPS) is 24.7. The highest BCUT2D eigenvalue weighted by Gasteiger charge is 2.56. The predicted octanol–water partition coefficient (Wildman–Crippen LogP) is 1.74. The number of rotatable bonds is 4. The van der Waals surface area contributed by atoms with Crippen LogP contribution < -0.4 is 5.32 Å². The monoisotopic (exact) mass is 253 g/mol. The number of nitrogens with one attached hydrogen (secondary N) is 1. The van der Waals surface area contributed by atoms with Gasteiger partial charge in [-0.2, -0.15) is 0 Å². The molecule has 1 heterocycles. The Labute approximate surface area is 103 Å². The highest BCUT2D eigenvalue weighted by Crippen LogP contribution is 2.47. The Kier molecular flexibility index (Phi) is 2.53. The summed E-state index contributed by atoms with van der Waals surface area (Å²) in [7, 11) is 0. The van der Waals surface area contributed by atoms with E-state index in [1.165, 1.54) is 12.4 Å². The van der Waals surface area contributed by atoms with Gasteiger partial charge in [-0.3, -0.25) is 4.79 Å². The van der Waals surface area contributed by atoms with Crippen LogP contribution in [0, 0.1) is 5.92 Å². The van der Waals surface area contributed by atoms with Crippen molar-refractivity contribution in [3.8, 4) is 0 Å². The molecule has 96 valence electrons. The molecule has 0 saturated heterocycles. The van der Waals surface area contributed by atoms with Crippen molar-refractivity contribution in [1.82, 2.24) is 15.3 Å². The Hall–Kier alpha value is -1.59. The lowest BCUT2D eigenvalue weighted by Crippen LogP contribution is -2.27. The average molecular weight is 253 g/mol. The molecule has 2 fully saturated rings. The fourth-order valence-electron chi connectivity index (χ4n) is 1.82. The van der Waals surface area contributed by atoms with Crippen LogP contribution in [-0.2, 0) is 0 Å². The van der Waals surface area contributed by atoms with Crippen molar-refractivity contribution in [2.24, 2.45) is 5.92 Å². The molecule has 18 heavy (non-hydrogen) atoms. The van der Waals surface area contributed by atoms with E-state index in [1.807, 2.05) is 0 Å². The molecule has 3 rings (SSSR count). The molecule has 1 aromatic rings. The largest absolute Gasteiger partial charge is 0.351 e. The summed E-state index contributed by atoms with van der Waals surface area (Å²) in [6.07, 6.45) is 4.98. The van der Waals surface area contributed by atoms with Gasteiger partial charge in [0.15, 0.2) is 0 Å². The van der Waals surface area contributed by atoms with Crippen LogP contribution in [0.25, 0.3) is 0 Å². The van der Waals surface area contributed by atoms with Crippen molar-refractivity contribution in [3.63, 3.8) is 0 Å². The van der Waals surface area contributed by atoms with Crippen LogP contribution in [0.3, 0.4) is 0 Å². The maximum atomic E-state index is 12.6. The van der Waals surface area contributed by atoms with Crippen molar-refractivity contribution in [3.05, 3.63) is 23.8 Å². The lowest BCUT2D eigenvalue weighted by atomic mass is 10.3. The van der Waals surface area contributed by atoms with Crippen molar-refractivity contribution in [2.45, 2.75) is 31.1 Å². The Morgan fingerprint density at radius 2 is 2.00 bits per heavy atom. The number of amides is 1. The minimum absolute atomic E-state index is 0.0101. The summed E-state index contributed by atoms with van der Waals surface area (Å²) < 4.78 is 25.2. The molecule has 6 heteroatoms. The first-order valence-electron chi connectivity index (χ1n) is 6.04. The molecule has 1 unspecified atom stereocenters. The quantitative estimate of drug-likeness (QED) is 0.889. The van der Waals surface area contributed by atoms with Gasteiger partial charge in [-0.1, -0.05) is 0 Å². The van der Waals surface area contributed by atoms with Crippen LogP contribution >= 0.6 is 0 Å². The second-order valence-electron chi connectivity index (χ2n) is 4.98. The van der Waals surface area contributed by atoms with E-state index < -0.39 is 11.8 Å². The second kappa shape index (κ2) is 3.96. The van der Waals surface area contributed by atoms with Gasteiger partial charge < -0.3 is 5.32 Å². The number of aromatic nitrogens is 2. The molecule has 2 aliphatic carbocycles. The van der Waals surface area contributed by atoms with Gasteiger partial charge >= 0.3 is 0 Å². The second-order valence-corrected chi connectivity index (χ2v) is 4.98. The van der Waals surface area contributed by atoms with E-state index in [4.69, 9.17) is 0 Å². The van der Waals surface area contributed by atoms with Gasteiger partial charge in [0, 0.05) is 37.2 Å². The van der Waals surface area contributed by atoms with Crippen molar-refractivity contribution in [1.29, 1.82) is 0 Å². The highest BCUT2D eigenvalue weighted by atomic mass is 19.3. The third-order valence-corrected chi connectivity index (χ3v) is 3.34. The van der Waals surface area contributed by atoms with Crippen molar-refractivity contribution >= 4 is 5.91 Å². The van der Waals surface area contributed by atoms with Gasteiger partial charge in [-0.05, 0) is 12.8 Å². The molecule has 1 N–H and O–H groups in total. The van der Waals surface area contributed by atoms with Crippen LogP contribution in [0.1, 0.15) is 41.4 Å². The molecule has 2 aliphatic rings. The molecule has 0 radical (unpaired) electrons. The maximum Gasteiger partial charge on any atom is 0.254 e. The fraction of sp³-hybridized carbons (Fsp3) is 0.583. The molecule has 0 aliphatic heterocycles. The Morgan fingerprint density at radius 3 is 2.50 bits per heavy atom. The van der Waals surface area contributed by atoms with E-state index in [0.29, 0.717) is 11.5 Å². The average Bonchev–Trinajstić information content (AvgIpc) is 3.24. The van der Waals surface area contributed by atoms with E-state index in [-0.39, 0.29) is 18.9 Å². The number of carbonyl (C=O) groups is 1. The van der Waals surface area contributed by atoms with E-state index >= 15 is 0 Å². The zero-order valence-corrected chi connectivity index (χ0v) is 9.70. The first-order chi connectivity index (χ1) is 8.56. The predicted molar refractivity (Wildman–Crippen MR) is 59.4 cm³/mol. The molecule has 1 aromatic heterocycles. The van der Waals surface area contributed by atoms with Gasteiger partial charge in [0.1, 0.15) is 5.82 Å². The van der Waals surface area contributed by atoms with Crippen LogP contribution in [-0.4, -0.2) is 28.3 Å². The molecular weight excluding hydrogens is 240 g/mol. The summed E-state index contributed by atoms with van der Waals surface area (Å²) in [4.78, 5) is 19.9. The maximum absolute atomic E-state index is 12.6. The third kappa shape index (κ3) is 2.32. The molecular formula is C12H13F2N3O. The van der Waals surface area contributed by atoms with Crippen LogP contribution in [0.4, 0.5) is 8.78 Å². The van der Waals surface area contributed by atoms with Crippen molar-refractivity contribution < 1.29 is 13.6 Å². The van der Waals surface area contributed by atoms with Gasteiger partial charge in [0.25, 0.3) is 11.8 Å². The number of alkyl halides is 2. The zero-order valence-electron chi connectivity index (χ0n) is 9.70. The molecule has 1 atom stereocenters. The first-order valence-corrected chi connectivity index (χ1v) is 6.04. The topological polar surface area (TPSA) is 54.9 Å². The standard InChI is InChI=1S/C12H13F2N3O/c13-12(14)3-9(12)6-17-11(18)8-4-15-10(16-5-8)7-1-2-7/h4-5,7,9H,1-3,6H2,(H,17,18). The minimum Gasteiger partial charge on any atom is -0.351 e. The van der Waals surface area contributed by atoms with Crippen LogP contribution in [0.5, 0.6) is 0 Å². The minimum atomic E-state index is -2.60. The first kappa shape index (κ1) is 11.5. The number of nitrogens with zero attached hydrogens (tertiary/aromatic N) is 2. The molecule has 2 saturated carbocycles. The van der Waals surface area contributed by atoms with Gasteiger partial charge in [-0.25, -0.2) is 18.7 Å². The van der Waals surface area contributed by atoms with E-state index in [9.17, 15) is 13.6 Å². The Balaban J connectivity index is 1.55. The summed E-state index contributed by atoms with van der Waals surface area (Å²) >= 11 is 0. The highest BCUT2D eigenvalue weighted by molar-refractivity contribution is 5.93. The van der Waals surface area contributed by atoms with Gasteiger partial charge in [0.05, 0.1) is 5.56 Å². The lowest BCUT2D eigenvalue weighted by molar-refractivity contribution is 0.0894. The van der Waals surface area contributed by atoms with Crippen molar-refractivity contribution in [2.75, 3.05) is 6.54 Å². The summed E-state index contributed by atoms with van der Waals surface area (Å²) in [5, 5.41) is 2.48. The summed E-state index contributed by atoms with van der Waals surface area (Å²) in [6, 6.07) is 0.